The van der Waals surface area contributed by atoms with Gasteiger partial charge in [-0.2, -0.15) is 0 Å². The van der Waals surface area contributed by atoms with Crippen LogP contribution in [-0.2, 0) is 6.54 Å². The van der Waals surface area contributed by atoms with Gasteiger partial charge in [0.1, 0.15) is 5.69 Å². The molecule has 0 atom stereocenters. The number of benzene rings is 1. The molecule has 9 nitrogen and oxygen atoms in total. The number of rotatable bonds is 5. The largest absolute Gasteiger partial charge is 0.359 e. The number of nitro groups is 1. The fourth-order valence-corrected chi connectivity index (χ4v) is 1.72. The number of anilines is 1. The summed E-state index contributed by atoms with van der Waals surface area (Å²) in [6.07, 6.45) is 0. The standard InChI is InChI=1S/C12H13N5O4/c1-7-4-9(21-16-7)6-14-12(18)8-2-3-11(17(19)20)10(5-8)15-13/h2-5,15H,6,13H2,1H3,(H,14,18). The molecule has 0 saturated heterocycles. The molecule has 1 aromatic heterocycles. The summed E-state index contributed by atoms with van der Waals surface area (Å²) in [5.41, 5.74) is 3.00. The third-order valence-corrected chi connectivity index (χ3v) is 2.71. The molecule has 21 heavy (non-hydrogen) atoms. The van der Waals surface area contributed by atoms with Crippen LogP contribution < -0.4 is 16.6 Å². The summed E-state index contributed by atoms with van der Waals surface area (Å²) >= 11 is 0. The molecule has 0 bridgehead atoms. The number of nitrogen functional groups attached to an aromatic ring is 1. The lowest BCUT2D eigenvalue weighted by atomic mass is 10.1. The Kier molecular flexibility index (Phi) is 4.14. The van der Waals surface area contributed by atoms with Gasteiger partial charge >= 0.3 is 0 Å². The molecule has 110 valence electrons. The molecule has 1 amide bonds. The zero-order chi connectivity index (χ0) is 15.4. The summed E-state index contributed by atoms with van der Waals surface area (Å²) in [7, 11) is 0. The smallest absolute Gasteiger partial charge is 0.293 e. The van der Waals surface area contributed by atoms with E-state index in [1.807, 2.05) is 0 Å². The SMILES string of the molecule is Cc1cc(CNC(=O)c2ccc([N+](=O)[O-])c(NN)c2)on1. The zero-order valence-electron chi connectivity index (χ0n) is 11.1. The van der Waals surface area contributed by atoms with Crippen molar-refractivity contribution in [1.82, 2.24) is 10.5 Å². The Morgan fingerprint density at radius 2 is 2.24 bits per heavy atom. The van der Waals surface area contributed by atoms with Crippen LogP contribution in [0.25, 0.3) is 0 Å². The number of nitro benzene ring substituents is 1. The number of hydrogen-bond acceptors (Lipinski definition) is 7. The molecule has 0 aliphatic carbocycles. The first-order valence-electron chi connectivity index (χ1n) is 5.96. The van der Waals surface area contributed by atoms with Crippen molar-refractivity contribution in [2.75, 3.05) is 5.43 Å². The fourth-order valence-electron chi connectivity index (χ4n) is 1.72. The first kappa shape index (κ1) is 14.5. The number of carbonyl (C=O) groups excluding carboxylic acids is 1. The maximum absolute atomic E-state index is 12.0. The minimum absolute atomic E-state index is 0.0585. The quantitative estimate of drug-likeness (QED) is 0.426. The molecular weight excluding hydrogens is 278 g/mol. The van der Waals surface area contributed by atoms with Gasteiger partial charge in [-0.3, -0.25) is 20.8 Å². The van der Waals surface area contributed by atoms with Crippen LogP contribution in [-0.4, -0.2) is 16.0 Å². The van der Waals surface area contributed by atoms with Crippen LogP contribution in [0.1, 0.15) is 21.8 Å². The fraction of sp³-hybridized carbons (Fsp3) is 0.167. The first-order valence-corrected chi connectivity index (χ1v) is 5.96. The highest BCUT2D eigenvalue weighted by Gasteiger charge is 2.16. The van der Waals surface area contributed by atoms with Crippen molar-refractivity contribution < 1.29 is 14.2 Å². The van der Waals surface area contributed by atoms with Gasteiger partial charge in [0, 0.05) is 17.7 Å². The van der Waals surface area contributed by atoms with Crippen LogP contribution in [0.3, 0.4) is 0 Å². The average molecular weight is 291 g/mol. The molecule has 2 rings (SSSR count). The molecule has 1 heterocycles. The Morgan fingerprint density at radius 1 is 1.48 bits per heavy atom. The number of nitrogens with two attached hydrogens (primary N) is 1. The van der Waals surface area contributed by atoms with Crippen molar-refractivity contribution in [3.63, 3.8) is 0 Å². The van der Waals surface area contributed by atoms with E-state index in [0.717, 1.165) is 0 Å². The lowest BCUT2D eigenvalue weighted by Gasteiger charge is -2.06. The van der Waals surface area contributed by atoms with Crippen LogP contribution in [0.2, 0.25) is 0 Å². The van der Waals surface area contributed by atoms with Gasteiger partial charge in [-0.05, 0) is 19.1 Å². The van der Waals surface area contributed by atoms with E-state index in [0.29, 0.717) is 11.5 Å². The first-order chi connectivity index (χ1) is 10.0. The van der Waals surface area contributed by atoms with E-state index in [2.05, 4.69) is 15.9 Å². The summed E-state index contributed by atoms with van der Waals surface area (Å²) in [4.78, 5) is 22.1. The third kappa shape index (κ3) is 3.34. The highest BCUT2D eigenvalue weighted by molar-refractivity contribution is 5.95. The predicted molar refractivity (Wildman–Crippen MR) is 73.3 cm³/mol. The number of aromatic nitrogens is 1. The van der Waals surface area contributed by atoms with Crippen LogP contribution in [0.5, 0.6) is 0 Å². The van der Waals surface area contributed by atoms with E-state index >= 15 is 0 Å². The van der Waals surface area contributed by atoms with Crippen molar-refractivity contribution in [3.8, 4) is 0 Å². The van der Waals surface area contributed by atoms with E-state index in [9.17, 15) is 14.9 Å². The zero-order valence-corrected chi connectivity index (χ0v) is 11.1. The molecule has 0 fully saturated rings. The van der Waals surface area contributed by atoms with Gasteiger partial charge < -0.3 is 15.3 Å². The van der Waals surface area contributed by atoms with Crippen LogP contribution >= 0.6 is 0 Å². The number of nitrogens with zero attached hydrogens (tertiary/aromatic N) is 2. The Bertz CT molecular complexity index is 682. The van der Waals surface area contributed by atoms with Gasteiger partial charge in [-0.1, -0.05) is 5.16 Å². The maximum atomic E-state index is 12.0. The van der Waals surface area contributed by atoms with E-state index < -0.39 is 10.8 Å². The second kappa shape index (κ2) is 6.01. The molecule has 0 saturated carbocycles. The van der Waals surface area contributed by atoms with E-state index in [4.69, 9.17) is 10.4 Å². The van der Waals surface area contributed by atoms with E-state index in [-0.39, 0.29) is 23.5 Å². The summed E-state index contributed by atoms with van der Waals surface area (Å²) in [6, 6.07) is 5.56. The Labute approximate surface area is 119 Å². The Balaban J connectivity index is 2.10. The van der Waals surface area contributed by atoms with Crippen LogP contribution in [0.4, 0.5) is 11.4 Å². The Morgan fingerprint density at radius 3 is 2.81 bits per heavy atom. The molecule has 4 N–H and O–H groups in total. The van der Waals surface area contributed by atoms with Gasteiger partial charge in [0.15, 0.2) is 5.76 Å². The highest BCUT2D eigenvalue weighted by Crippen LogP contribution is 2.24. The average Bonchev–Trinajstić information content (AvgIpc) is 2.89. The molecule has 0 radical (unpaired) electrons. The van der Waals surface area contributed by atoms with Crippen molar-refractivity contribution in [2.45, 2.75) is 13.5 Å². The minimum Gasteiger partial charge on any atom is -0.359 e. The minimum atomic E-state index is -0.589. The maximum Gasteiger partial charge on any atom is 0.293 e. The van der Waals surface area contributed by atoms with Crippen molar-refractivity contribution in [2.24, 2.45) is 5.84 Å². The highest BCUT2D eigenvalue weighted by atomic mass is 16.6. The lowest BCUT2D eigenvalue weighted by Crippen LogP contribution is -2.23. The molecule has 2 aromatic rings. The topological polar surface area (TPSA) is 136 Å². The van der Waals surface area contributed by atoms with E-state index in [1.165, 1.54) is 18.2 Å². The number of nitrogens with one attached hydrogen (secondary N) is 2. The van der Waals surface area contributed by atoms with Gasteiger partial charge in [-0.25, -0.2) is 0 Å². The second-order valence-corrected chi connectivity index (χ2v) is 4.25. The molecule has 0 spiro atoms. The Hall–Kier alpha value is -2.94. The van der Waals surface area contributed by atoms with Gasteiger partial charge in [-0.15, -0.1) is 0 Å². The lowest BCUT2D eigenvalue weighted by molar-refractivity contribution is -0.384. The number of hydrogen-bond donors (Lipinski definition) is 3. The summed E-state index contributed by atoms with van der Waals surface area (Å²) in [5, 5.41) is 17.1. The van der Waals surface area contributed by atoms with Gasteiger partial charge in [0.05, 0.1) is 17.2 Å². The number of hydrazine groups is 1. The normalized spacial score (nSPS) is 10.2. The van der Waals surface area contributed by atoms with Crippen molar-refractivity contribution >= 4 is 17.3 Å². The molecule has 0 aliphatic rings. The summed E-state index contributed by atoms with van der Waals surface area (Å²) in [6.45, 7) is 1.94. The van der Waals surface area contributed by atoms with Crippen molar-refractivity contribution in [1.29, 1.82) is 0 Å². The van der Waals surface area contributed by atoms with E-state index in [1.54, 1.807) is 13.0 Å². The molecule has 1 aromatic carbocycles. The van der Waals surface area contributed by atoms with Crippen LogP contribution in [0.15, 0.2) is 28.8 Å². The monoisotopic (exact) mass is 291 g/mol. The second-order valence-electron chi connectivity index (χ2n) is 4.25. The third-order valence-electron chi connectivity index (χ3n) is 2.71. The predicted octanol–water partition coefficient (Wildman–Crippen LogP) is 1.11. The number of amides is 1. The van der Waals surface area contributed by atoms with Gasteiger partial charge in [0.2, 0.25) is 0 Å². The molecule has 9 heteroatoms. The van der Waals surface area contributed by atoms with Crippen molar-refractivity contribution in [3.05, 3.63) is 51.4 Å². The summed E-state index contributed by atoms with van der Waals surface area (Å²) < 4.78 is 4.96. The number of carbonyl (C=O) groups is 1. The molecule has 0 unspecified atom stereocenters. The van der Waals surface area contributed by atoms with Crippen LogP contribution in [0, 0.1) is 17.0 Å². The molecular formula is C12H13N5O4. The number of aryl methyl sites for hydroxylation is 1. The molecule has 0 aliphatic heterocycles. The van der Waals surface area contributed by atoms with Gasteiger partial charge in [0.25, 0.3) is 11.6 Å². The summed E-state index contributed by atoms with van der Waals surface area (Å²) in [5.74, 6) is 5.32.